The Morgan fingerprint density at radius 2 is 1.74 bits per heavy atom. The first-order valence-corrected chi connectivity index (χ1v) is 9.14. The normalized spacial score (nSPS) is 14.6. The van der Waals surface area contributed by atoms with Crippen molar-refractivity contribution in [2.24, 2.45) is 0 Å². The van der Waals surface area contributed by atoms with Gasteiger partial charge in [-0.15, -0.1) is 0 Å². The van der Waals surface area contributed by atoms with Gasteiger partial charge in [-0.05, 0) is 35.9 Å². The molecule has 27 heavy (non-hydrogen) atoms. The number of hydrogen-bond acceptors (Lipinski definition) is 4. The van der Waals surface area contributed by atoms with Crippen LogP contribution in [0.15, 0.2) is 48.0 Å². The monoisotopic (exact) mass is 401 g/mol. The van der Waals surface area contributed by atoms with E-state index in [2.05, 4.69) is 10.2 Å². The van der Waals surface area contributed by atoms with Crippen LogP contribution in [0.5, 0.6) is 0 Å². The van der Waals surface area contributed by atoms with Crippen molar-refractivity contribution < 1.29 is 9.53 Å². The number of carbonyl (C=O) groups is 1. The van der Waals surface area contributed by atoms with Crippen LogP contribution >= 0.6 is 23.2 Å². The number of anilines is 2. The summed E-state index contributed by atoms with van der Waals surface area (Å²) in [6.45, 7) is 3.12. The Balaban J connectivity index is 1.75. The van der Waals surface area contributed by atoms with Gasteiger partial charge in [0.25, 0.3) is 5.91 Å². The minimum Gasteiger partial charge on any atom is -0.378 e. The summed E-state index contributed by atoms with van der Waals surface area (Å²) < 4.78 is 5.35. The van der Waals surface area contributed by atoms with Gasteiger partial charge in [-0.25, -0.2) is 0 Å². The highest BCUT2D eigenvalue weighted by molar-refractivity contribution is 6.40. The number of rotatable bonds is 4. The highest BCUT2D eigenvalue weighted by Crippen LogP contribution is 2.30. The first kappa shape index (κ1) is 19.2. The number of amides is 1. The Morgan fingerprint density at radius 1 is 1.11 bits per heavy atom. The minimum atomic E-state index is -0.565. The zero-order chi connectivity index (χ0) is 19.2. The van der Waals surface area contributed by atoms with E-state index in [1.807, 2.05) is 30.3 Å². The molecule has 2 aromatic rings. The molecule has 0 aliphatic carbocycles. The summed E-state index contributed by atoms with van der Waals surface area (Å²) in [4.78, 5) is 14.7. The Morgan fingerprint density at radius 3 is 2.33 bits per heavy atom. The predicted molar refractivity (Wildman–Crippen MR) is 108 cm³/mol. The van der Waals surface area contributed by atoms with Gasteiger partial charge in [0.15, 0.2) is 0 Å². The molecule has 1 fully saturated rings. The minimum absolute atomic E-state index is 0.0369. The quantitative estimate of drug-likeness (QED) is 0.609. The molecule has 138 valence electrons. The third-order valence-electron chi connectivity index (χ3n) is 4.15. The van der Waals surface area contributed by atoms with Crippen LogP contribution in [0.25, 0.3) is 6.08 Å². The van der Waals surface area contributed by atoms with Gasteiger partial charge in [0.05, 0.1) is 28.9 Å². The van der Waals surface area contributed by atoms with Crippen molar-refractivity contribution in [1.82, 2.24) is 0 Å². The van der Waals surface area contributed by atoms with Crippen LogP contribution < -0.4 is 10.2 Å². The molecule has 1 aliphatic rings. The van der Waals surface area contributed by atoms with Gasteiger partial charge in [0.1, 0.15) is 11.6 Å². The fourth-order valence-electron chi connectivity index (χ4n) is 2.72. The molecule has 1 N–H and O–H groups in total. The number of para-hydroxylation sites is 1. The molecule has 0 aromatic heterocycles. The van der Waals surface area contributed by atoms with E-state index in [1.54, 1.807) is 18.2 Å². The summed E-state index contributed by atoms with van der Waals surface area (Å²) in [7, 11) is 0. The smallest absolute Gasteiger partial charge is 0.266 e. The molecule has 7 heteroatoms. The predicted octanol–water partition coefficient (Wildman–Crippen LogP) is 4.38. The SMILES string of the molecule is N#C/C(=C\c1ccc(N2CCOCC2)cc1)C(=O)Nc1c(Cl)cccc1Cl. The fourth-order valence-corrected chi connectivity index (χ4v) is 3.21. The Bertz CT molecular complexity index is 878. The summed E-state index contributed by atoms with van der Waals surface area (Å²) in [6.07, 6.45) is 1.53. The van der Waals surface area contributed by atoms with E-state index in [1.165, 1.54) is 6.08 Å². The topological polar surface area (TPSA) is 65.4 Å². The van der Waals surface area contributed by atoms with Gasteiger partial charge in [0.2, 0.25) is 0 Å². The summed E-state index contributed by atoms with van der Waals surface area (Å²) >= 11 is 12.1. The van der Waals surface area contributed by atoms with Crippen molar-refractivity contribution in [2.75, 3.05) is 36.5 Å². The Labute approximate surface area is 167 Å². The van der Waals surface area contributed by atoms with Crippen LogP contribution in [0.3, 0.4) is 0 Å². The number of ether oxygens (including phenoxy) is 1. The summed E-state index contributed by atoms with van der Waals surface area (Å²) in [5.41, 5.74) is 2.09. The Kier molecular flexibility index (Phi) is 6.36. The van der Waals surface area contributed by atoms with E-state index in [9.17, 15) is 10.1 Å². The van der Waals surface area contributed by atoms with Crippen molar-refractivity contribution in [2.45, 2.75) is 0 Å². The van der Waals surface area contributed by atoms with E-state index >= 15 is 0 Å². The lowest BCUT2D eigenvalue weighted by Crippen LogP contribution is -2.36. The molecule has 1 saturated heterocycles. The first-order chi connectivity index (χ1) is 13.1. The number of morpholine rings is 1. The largest absolute Gasteiger partial charge is 0.378 e. The maximum atomic E-state index is 12.4. The van der Waals surface area contributed by atoms with E-state index in [0.29, 0.717) is 23.3 Å². The zero-order valence-corrected chi connectivity index (χ0v) is 15.9. The second kappa shape index (κ2) is 8.92. The lowest BCUT2D eigenvalue weighted by atomic mass is 10.1. The van der Waals surface area contributed by atoms with Crippen molar-refractivity contribution in [3.63, 3.8) is 0 Å². The summed E-state index contributed by atoms with van der Waals surface area (Å²) in [5.74, 6) is -0.565. The highest BCUT2D eigenvalue weighted by atomic mass is 35.5. The average molecular weight is 402 g/mol. The van der Waals surface area contributed by atoms with E-state index in [0.717, 1.165) is 24.3 Å². The standard InChI is InChI=1S/C20H17Cl2N3O2/c21-17-2-1-3-18(22)19(17)24-20(26)15(13-23)12-14-4-6-16(7-5-14)25-8-10-27-11-9-25/h1-7,12H,8-11H2,(H,24,26)/b15-12+. The lowest BCUT2D eigenvalue weighted by Gasteiger charge is -2.28. The maximum Gasteiger partial charge on any atom is 0.266 e. The van der Waals surface area contributed by atoms with Gasteiger partial charge in [-0.3, -0.25) is 4.79 Å². The molecule has 2 aromatic carbocycles. The van der Waals surface area contributed by atoms with Crippen LogP contribution in [-0.2, 0) is 9.53 Å². The van der Waals surface area contributed by atoms with Crippen LogP contribution in [-0.4, -0.2) is 32.2 Å². The zero-order valence-electron chi connectivity index (χ0n) is 14.4. The number of halogens is 2. The van der Waals surface area contributed by atoms with Gasteiger partial charge in [-0.2, -0.15) is 5.26 Å². The molecule has 3 rings (SSSR count). The molecular formula is C20H17Cl2N3O2. The number of nitrogens with one attached hydrogen (secondary N) is 1. The third kappa shape index (κ3) is 4.81. The fraction of sp³-hybridized carbons (Fsp3) is 0.200. The van der Waals surface area contributed by atoms with Gasteiger partial charge >= 0.3 is 0 Å². The molecule has 1 aliphatic heterocycles. The van der Waals surface area contributed by atoms with Gasteiger partial charge in [-0.1, -0.05) is 41.4 Å². The third-order valence-corrected chi connectivity index (χ3v) is 4.78. The second-order valence-corrected chi connectivity index (χ2v) is 6.73. The summed E-state index contributed by atoms with van der Waals surface area (Å²) in [6, 6.07) is 14.5. The van der Waals surface area contributed by atoms with Crippen molar-refractivity contribution in [3.05, 3.63) is 63.6 Å². The number of nitrogens with zero attached hydrogens (tertiary/aromatic N) is 2. The maximum absolute atomic E-state index is 12.4. The van der Waals surface area contributed by atoms with E-state index < -0.39 is 5.91 Å². The van der Waals surface area contributed by atoms with Crippen LogP contribution in [0.2, 0.25) is 10.0 Å². The highest BCUT2D eigenvalue weighted by Gasteiger charge is 2.14. The number of carbonyl (C=O) groups excluding carboxylic acids is 1. The number of benzene rings is 2. The van der Waals surface area contributed by atoms with Crippen LogP contribution in [0.1, 0.15) is 5.56 Å². The molecule has 0 spiro atoms. The van der Waals surface area contributed by atoms with Crippen LogP contribution in [0.4, 0.5) is 11.4 Å². The molecule has 1 heterocycles. The van der Waals surface area contributed by atoms with Gasteiger partial charge in [0, 0.05) is 18.8 Å². The molecule has 0 bridgehead atoms. The van der Waals surface area contributed by atoms with Crippen LogP contribution in [0, 0.1) is 11.3 Å². The molecule has 0 unspecified atom stereocenters. The molecular weight excluding hydrogens is 385 g/mol. The molecule has 0 radical (unpaired) electrons. The second-order valence-electron chi connectivity index (χ2n) is 5.91. The molecule has 1 amide bonds. The molecule has 0 saturated carbocycles. The molecule has 5 nitrogen and oxygen atoms in total. The molecule has 0 atom stereocenters. The van der Waals surface area contributed by atoms with E-state index in [-0.39, 0.29) is 11.3 Å². The lowest BCUT2D eigenvalue weighted by molar-refractivity contribution is -0.112. The summed E-state index contributed by atoms with van der Waals surface area (Å²) in [5, 5.41) is 12.6. The first-order valence-electron chi connectivity index (χ1n) is 8.38. The number of hydrogen-bond donors (Lipinski definition) is 1. The van der Waals surface area contributed by atoms with E-state index in [4.69, 9.17) is 27.9 Å². The van der Waals surface area contributed by atoms with Crippen molar-refractivity contribution in [3.8, 4) is 6.07 Å². The van der Waals surface area contributed by atoms with Crippen molar-refractivity contribution in [1.29, 1.82) is 5.26 Å². The van der Waals surface area contributed by atoms with Crippen molar-refractivity contribution >= 4 is 46.6 Å². The average Bonchev–Trinajstić information content (AvgIpc) is 2.70. The van der Waals surface area contributed by atoms with Gasteiger partial charge < -0.3 is 15.0 Å². The number of nitriles is 1. The Hall–Kier alpha value is -2.52.